The monoisotopic (exact) mass is 418 g/mol. The largest absolute Gasteiger partial charge is 0.480 e. The summed E-state index contributed by atoms with van der Waals surface area (Å²) in [6, 6.07) is -3.55. The molecule has 0 fully saturated rings. The standard InChI is InChI=1S/C16H30N6O7/c17-6-2-1-3-10(21-14(27)9(18)8-23)16(29)22-11(4-5-12(19)24)15(28)20-7-13(25)26/h9-11,23H,1-8,17-18H2,(H2,19,24)(H,20,28)(H,21,27)(H,22,29)(H,25,26). The van der Waals surface area contributed by atoms with Crippen LogP contribution >= 0.6 is 0 Å². The van der Waals surface area contributed by atoms with Crippen molar-refractivity contribution in [2.45, 2.75) is 50.2 Å². The van der Waals surface area contributed by atoms with Gasteiger partial charge in [0.15, 0.2) is 0 Å². The molecule has 0 spiro atoms. The van der Waals surface area contributed by atoms with Crippen molar-refractivity contribution in [2.75, 3.05) is 19.7 Å². The Labute approximate surface area is 167 Å². The van der Waals surface area contributed by atoms with Gasteiger partial charge in [0.05, 0.1) is 6.61 Å². The number of aliphatic carboxylic acids is 1. The second-order valence-electron chi connectivity index (χ2n) is 6.31. The molecule has 0 rings (SSSR count). The third kappa shape index (κ3) is 11.6. The van der Waals surface area contributed by atoms with Crippen LogP contribution in [0.1, 0.15) is 32.1 Å². The van der Waals surface area contributed by atoms with E-state index in [0.29, 0.717) is 19.4 Å². The van der Waals surface area contributed by atoms with Crippen LogP contribution in [0.15, 0.2) is 0 Å². The summed E-state index contributed by atoms with van der Waals surface area (Å²) >= 11 is 0. The zero-order valence-corrected chi connectivity index (χ0v) is 16.1. The normalized spacial score (nSPS) is 13.6. The molecular formula is C16H30N6O7. The van der Waals surface area contributed by atoms with Gasteiger partial charge in [-0.05, 0) is 32.2 Å². The molecule has 0 aromatic carbocycles. The van der Waals surface area contributed by atoms with E-state index >= 15 is 0 Å². The van der Waals surface area contributed by atoms with Crippen molar-refractivity contribution in [1.82, 2.24) is 16.0 Å². The third-order valence-corrected chi connectivity index (χ3v) is 3.84. The van der Waals surface area contributed by atoms with Gasteiger partial charge in [0.25, 0.3) is 0 Å². The summed E-state index contributed by atoms with van der Waals surface area (Å²) in [6.45, 7) is -0.928. The Bertz CT molecular complexity index is 586. The predicted molar refractivity (Wildman–Crippen MR) is 101 cm³/mol. The topological polar surface area (TPSA) is 240 Å². The molecule has 0 aliphatic carbocycles. The minimum Gasteiger partial charge on any atom is -0.480 e. The van der Waals surface area contributed by atoms with E-state index in [1.165, 1.54) is 0 Å². The van der Waals surface area contributed by atoms with Crippen molar-refractivity contribution in [1.29, 1.82) is 0 Å². The number of rotatable bonds is 15. The van der Waals surface area contributed by atoms with Gasteiger partial charge in [-0.15, -0.1) is 0 Å². The average Bonchev–Trinajstić information content (AvgIpc) is 2.67. The van der Waals surface area contributed by atoms with Crippen LogP contribution in [-0.4, -0.2) is 77.6 Å². The number of carboxylic acids is 1. The van der Waals surface area contributed by atoms with Crippen LogP contribution < -0.4 is 33.2 Å². The molecule has 166 valence electrons. The third-order valence-electron chi connectivity index (χ3n) is 3.84. The van der Waals surface area contributed by atoms with Gasteiger partial charge in [0, 0.05) is 6.42 Å². The fourth-order valence-corrected chi connectivity index (χ4v) is 2.24. The molecule has 0 saturated carbocycles. The van der Waals surface area contributed by atoms with Crippen LogP contribution in [-0.2, 0) is 24.0 Å². The van der Waals surface area contributed by atoms with E-state index in [-0.39, 0.29) is 19.3 Å². The van der Waals surface area contributed by atoms with Gasteiger partial charge in [-0.2, -0.15) is 0 Å². The van der Waals surface area contributed by atoms with Gasteiger partial charge in [0.2, 0.25) is 23.6 Å². The number of hydrogen-bond donors (Lipinski definition) is 8. The van der Waals surface area contributed by atoms with Gasteiger partial charge in [0.1, 0.15) is 24.7 Å². The quantitative estimate of drug-likeness (QED) is 0.120. The van der Waals surface area contributed by atoms with E-state index in [1.807, 2.05) is 0 Å². The van der Waals surface area contributed by atoms with Crippen LogP contribution in [0.25, 0.3) is 0 Å². The molecule has 0 aromatic heterocycles. The summed E-state index contributed by atoms with van der Waals surface area (Å²) in [4.78, 5) is 58.3. The van der Waals surface area contributed by atoms with E-state index in [4.69, 9.17) is 27.4 Å². The lowest BCUT2D eigenvalue weighted by Crippen LogP contribution is -2.56. The number of aliphatic hydroxyl groups excluding tert-OH is 1. The zero-order chi connectivity index (χ0) is 22.4. The number of carbonyl (C=O) groups excluding carboxylic acids is 4. The minimum atomic E-state index is -1.29. The Morgan fingerprint density at radius 3 is 2.00 bits per heavy atom. The van der Waals surface area contributed by atoms with E-state index in [2.05, 4.69) is 16.0 Å². The summed E-state index contributed by atoms with van der Waals surface area (Å²) < 4.78 is 0. The number of primary amides is 1. The van der Waals surface area contributed by atoms with Crippen LogP contribution in [0.3, 0.4) is 0 Å². The molecule has 0 aliphatic rings. The number of carboxylic acid groups (broad SMARTS) is 1. The number of carbonyl (C=O) groups is 5. The van der Waals surface area contributed by atoms with Crippen molar-refractivity contribution >= 4 is 29.6 Å². The summed E-state index contributed by atoms with van der Waals surface area (Å²) in [5.74, 6) is -4.31. The molecule has 0 aromatic rings. The Balaban J connectivity index is 5.21. The second kappa shape index (κ2) is 14.3. The highest BCUT2D eigenvalue weighted by atomic mass is 16.4. The van der Waals surface area contributed by atoms with Gasteiger partial charge in [-0.3, -0.25) is 24.0 Å². The predicted octanol–water partition coefficient (Wildman–Crippen LogP) is -4.13. The number of unbranched alkanes of at least 4 members (excludes halogenated alkanes) is 1. The molecule has 3 atom stereocenters. The molecule has 13 heteroatoms. The average molecular weight is 418 g/mol. The Hall–Kier alpha value is -2.77. The molecule has 0 heterocycles. The second-order valence-corrected chi connectivity index (χ2v) is 6.31. The Morgan fingerprint density at radius 2 is 1.48 bits per heavy atom. The van der Waals surface area contributed by atoms with E-state index in [1.54, 1.807) is 0 Å². The maximum atomic E-state index is 12.6. The lowest BCUT2D eigenvalue weighted by atomic mass is 10.1. The molecule has 13 nitrogen and oxygen atoms in total. The Morgan fingerprint density at radius 1 is 0.897 bits per heavy atom. The summed E-state index contributed by atoms with van der Waals surface area (Å²) in [6.07, 6.45) is 0.861. The molecule has 0 aliphatic heterocycles. The SMILES string of the molecule is NCCCCC(NC(=O)C(N)CO)C(=O)NC(CCC(N)=O)C(=O)NCC(=O)O. The first kappa shape index (κ1) is 26.2. The van der Waals surface area contributed by atoms with Crippen LogP contribution in [0.4, 0.5) is 0 Å². The first-order chi connectivity index (χ1) is 13.6. The summed E-state index contributed by atoms with van der Waals surface area (Å²) in [7, 11) is 0. The minimum absolute atomic E-state index is 0.161. The van der Waals surface area contributed by atoms with Gasteiger partial charge in [-0.25, -0.2) is 0 Å². The van der Waals surface area contributed by atoms with Crippen molar-refractivity contribution < 1.29 is 34.2 Å². The number of nitrogens with one attached hydrogen (secondary N) is 3. The summed E-state index contributed by atoms with van der Waals surface area (Å²) in [5.41, 5.74) is 15.9. The van der Waals surface area contributed by atoms with E-state index in [9.17, 15) is 24.0 Å². The molecule has 29 heavy (non-hydrogen) atoms. The van der Waals surface area contributed by atoms with Crippen molar-refractivity contribution in [3.63, 3.8) is 0 Å². The van der Waals surface area contributed by atoms with Crippen LogP contribution in [0, 0.1) is 0 Å². The highest BCUT2D eigenvalue weighted by Crippen LogP contribution is 2.04. The zero-order valence-electron chi connectivity index (χ0n) is 16.1. The van der Waals surface area contributed by atoms with Crippen molar-refractivity contribution in [3.8, 4) is 0 Å². The first-order valence-electron chi connectivity index (χ1n) is 9.07. The molecule has 4 amide bonds. The van der Waals surface area contributed by atoms with Crippen molar-refractivity contribution in [2.24, 2.45) is 17.2 Å². The molecule has 3 unspecified atom stereocenters. The molecule has 0 saturated heterocycles. The smallest absolute Gasteiger partial charge is 0.322 e. The lowest BCUT2D eigenvalue weighted by Gasteiger charge is -2.23. The van der Waals surface area contributed by atoms with Gasteiger partial charge < -0.3 is 43.4 Å². The van der Waals surface area contributed by atoms with Crippen molar-refractivity contribution in [3.05, 3.63) is 0 Å². The lowest BCUT2D eigenvalue weighted by molar-refractivity contribution is -0.138. The van der Waals surface area contributed by atoms with Gasteiger partial charge in [-0.1, -0.05) is 0 Å². The molecule has 0 bridgehead atoms. The van der Waals surface area contributed by atoms with E-state index in [0.717, 1.165) is 0 Å². The molecule has 0 radical (unpaired) electrons. The number of nitrogens with two attached hydrogens (primary N) is 3. The van der Waals surface area contributed by atoms with Crippen LogP contribution in [0.2, 0.25) is 0 Å². The fraction of sp³-hybridized carbons (Fsp3) is 0.688. The van der Waals surface area contributed by atoms with Crippen LogP contribution in [0.5, 0.6) is 0 Å². The molecule has 11 N–H and O–H groups in total. The highest BCUT2D eigenvalue weighted by Gasteiger charge is 2.28. The maximum absolute atomic E-state index is 12.6. The highest BCUT2D eigenvalue weighted by molar-refractivity contribution is 5.93. The number of hydrogen-bond acceptors (Lipinski definition) is 8. The number of aliphatic hydroxyl groups is 1. The first-order valence-corrected chi connectivity index (χ1v) is 9.07. The number of amides is 4. The maximum Gasteiger partial charge on any atom is 0.322 e. The van der Waals surface area contributed by atoms with E-state index < -0.39 is 60.9 Å². The summed E-state index contributed by atoms with van der Waals surface area (Å²) in [5, 5.41) is 24.5. The fourth-order valence-electron chi connectivity index (χ4n) is 2.24. The van der Waals surface area contributed by atoms with Gasteiger partial charge >= 0.3 is 5.97 Å². The Kier molecular flexibility index (Phi) is 12.9. The molecular weight excluding hydrogens is 388 g/mol.